The Morgan fingerprint density at radius 2 is 1.77 bits per heavy atom. The predicted octanol–water partition coefficient (Wildman–Crippen LogP) is 2.26. The van der Waals surface area contributed by atoms with Gasteiger partial charge in [-0.25, -0.2) is 0 Å². The number of hydrogen-bond acceptors (Lipinski definition) is 5. The molecule has 6 nitrogen and oxygen atoms in total. The molecule has 2 N–H and O–H groups in total. The third kappa shape index (κ3) is 4.62. The second kappa shape index (κ2) is 8.33. The van der Waals surface area contributed by atoms with Crippen molar-refractivity contribution in [3.05, 3.63) is 46.7 Å². The minimum atomic E-state index is -0.609. The highest BCUT2D eigenvalue weighted by atomic mass is 32.1. The van der Waals surface area contributed by atoms with E-state index in [0.29, 0.717) is 4.88 Å². The molecular weight excluding hydrogens is 348 g/mol. The summed E-state index contributed by atoms with van der Waals surface area (Å²) in [5, 5.41) is 7.40. The molecule has 1 fully saturated rings. The quantitative estimate of drug-likeness (QED) is 0.845. The van der Waals surface area contributed by atoms with Crippen molar-refractivity contribution in [2.45, 2.75) is 13.0 Å². The molecule has 26 heavy (non-hydrogen) atoms. The number of thiophene rings is 1. The van der Waals surface area contributed by atoms with Crippen LogP contribution in [0.3, 0.4) is 0 Å². The second-order valence-corrected chi connectivity index (χ2v) is 7.45. The van der Waals surface area contributed by atoms with Crippen molar-refractivity contribution < 1.29 is 9.59 Å². The highest BCUT2D eigenvalue weighted by Crippen LogP contribution is 2.19. The molecule has 0 saturated carbocycles. The van der Waals surface area contributed by atoms with E-state index < -0.39 is 6.04 Å². The molecule has 0 aliphatic carbocycles. The van der Waals surface area contributed by atoms with Gasteiger partial charge in [0.05, 0.1) is 4.88 Å². The molecule has 0 bridgehead atoms. The minimum absolute atomic E-state index is 0.229. The van der Waals surface area contributed by atoms with E-state index in [1.165, 1.54) is 11.3 Å². The number of hydrogen-bond donors (Lipinski definition) is 2. The number of anilines is 2. The largest absolute Gasteiger partial charge is 0.369 e. The standard InChI is InChI=1S/C19H24N4O2S/c1-14(20-19(25)17-4-3-13-26-17)18(24)21-15-5-7-16(8-6-15)23-11-9-22(2)10-12-23/h3-8,13-14H,9-12H2,1-2H3,(H,20,25)(H,21,24). The van der Waals surface area contributed by atoms with Gasteiger partial charge in [-0.3, -0.25) is 9.59 Å². The first-order chi connectivity index (χ1) is 12.5. The summed E-state index contributed by atoms with van der Waals surface area (Å²) in [6.07, 6.45) is 0. The van der Waals surface area contributed by atoms with Gasteiger partial charge in [0.2, 0.25) is 5.91 Å². The SMILES string of the molecule is CC(NC(=O)c1cccs1)C(=O)Nc1ccc(N2CCN(C)CC2)cc1. The summed E-state index contributed by atoms with van der Waals surface area (Å²) in [6.45, 7) is 5.81. The Morgan fingerprint density at radius 3 is 2.38 bits per heavy atom. The molecule has 3 rings (SSSR count). The minimum Gasteiger partial charge on any atom is -0.369 e. The molecule has 7 heteroatoms. The normalized spacial score (nSPS) is 16.2. The van der Waals surface area contributed by atoms with Crippen LogP contribution in [-0.4, -0.2) is 56.0 Å². The van der Waals surface area contributed by atoms with Crippen molar-refractivity contribution >= 4 is 34.5 Å². The first kappa shape index (κ1) is 18.4. The molecule has 2 amide bonds. The van der Waals surface area contributed by atoms with E-state index in [1.807, 2.05) is 35.7 Å². The lowest BCUT2D eigenvalue weighted by Crippen LogP contribution is -2.44. The summed E-state index contributed by atoms with van der Waals surface area (Å²) in [4.78, 5) is 29.6. The summed E-state index contributed by atoms with van der Waals surface area (Å²) in [7, 11) is 2.13. The highest BCUT2D eigenvalue weighted by Gasteiger charge is 2.18. The second-order valence-electron chi connectivity index (χ2n) is 6.50. The zero-order valence-electron chi connectivity index (χ0n) is 15.1. The average Bonchev–Trinajstić information content (AvgIpc) is 3.18. The molecule has 2 aromatic rings. The van der Waals surface area contributed by atoms with Crippen molar-refractivity contribution in [2.75, 3.05) is 43.4 Å². The molecule has 1 aromatic carbocycles. The first-order valence-electron chi connectivity index (χ1n) is 8.72. The van der Waals surface area contributed by atoms with Crippen molar-refractivity contribution in [2.24, 2.45) is 0 Å². The van der Waals surface area contributed by atoms with Gasteiger partial charge in [0, 0.05) is 37.6 Å². The first-order valence-corrected chi connectivity index (χ1v) is 9.59. The van der Waals surface area contributed by atoms with Gasteiger partial charge in [0.15, 0.2) is 0 Å². The summed E-state index contributed by atoms with van der Waals surface area (Å²) in [5.74, 6) is -0.463. The Hall–Kier alpha value is -2.38. The number of benzene rings is 1. The molecule has 2 heterocycles. The van der Waals surface area contributed by atoms with Crippen LogP contribution in [0, 0.1) is 0 Å². The van der Waals surface area contributed by atoms with Crippen LogP contribution in [0.15, 0.2) is 41.8 Å². The summed E-state index contributed by atoms with van der Waals surface area (Å²) in [5.41, 5.74) is 1.89. The fourth-order valence-electron chi connectivity index (χ4n) is 2.81. The van der Waals surface area contributed by atoms with Gasteiger partial charge in [-0.1, -0.05) is 6.07 Å². The molecule has 1 unspecified atom stereocenters. The van der Waals surface area contributed by atoms with Gasteiger partial charge in [-0.05, 0) is 49.7 Å². The Balaban J connectivity index is 1.53. The number of carbonyl (C=O) groups excluding carboxylic acids is 2. The third-order valence-electron chi connectivity index (χ3n) is 4.49. The van der Waals surface area contributed by atoms with Crippen LogP contribution >= 0.6 is 11.3 Å². The number of nitrogens with zero attached hydrogens (tertiary/aromatic N) is 2. The molecular formula is C19H24N4O2S. The number of rotatable bonds is 5. The Kier molecular flexibility index (Phi) is 5.90. The number of likely N-dealkylation sites (N-methyl/N-ethyl adjacent to an activating group) is 1. The summed E-state index contributed by atoms with van der Waals surface area (Å²) >= 11 is 1.35. The van der Waals surface area contributed by atoms with Crippen LogP contribution < -0.4 is 15.5 Å². The van der Waals surface area contributed by atoms with Gasteiger partial charge in [-0.15, -0.1) is 11.3 Å². The van der Waals surface area contributed by atoms with Crippen LogP contribution in [0.25, 0.3) is 0 Å². The van der Waals surface area contributed by atoms with E-state index in [9.17, 15) is 9.59 Å². The zero-order chi connectivity index (χ0) is 18.5. The number of nitrogens with one attached hydrogen (secondary N) is 2. The lowest BCUT2D eigenvalue weighted by molar-refractivity contribution is -0.117. The number of piperazine rings is 1. The van der Waals surface area contributed by atoms with Gasteiger partial charge in [0.25, 0.3) is 5.91 Å². The molecule has 1 saturated heterocycles. The summed E-state index contributed by atoms with van der Waals surface area (Å²) in [6, 6.07) is 10.8. The van der Waals surface area contributed by atoms with Gasteiger partial charge < -0.3 is 20.4 Å². The molecule has 1 aliphatic heterocycles. The van der Waals surface area contributed by atoms with E-state index in [1.54, 1.807) is 13.0 Å². The van der Waals surface area contributed by atoms with Crippen molar-refractivity contribution in [3.63, 3.8) is 0 Å². The van der Waals surface area contributed by atoms with Crippen LogP contribution in [0.1, 0.15) is 16.6 Å². The maximum Gasteiger partial charge on any atom is 0.261 e. The van der Waals surface area contributed by atoms with Crippen molar-refractivity contribution in [3.8, 4) is 0 Å². The van der Waals surface area contributed by atoms with E-state index in [-0.39, 0.29) is 11.8 Å². The van der Waals surface area contributed by atoms with E-state index >= 15 is 0 Å². The third-order valence-corrected chi connectivity index (χ3v) is 5.36. The lowest BCUT2D eigenvalue weighted by atomic mass is 10.2. The topological polar surface area (TPSA) is 64.7 Å². The maximum absolute atomic E-state index is 12.3. The Labute approximate surface area is 157 Å². The Morgan fingerprint density at radius 1 is 1.08 bits per heavy atom. The molecule has 0 spiro atoms. The predicted molar refractivity (Wildman–Crippen MR) is 106 cm³/mol. The molecule has 1 atom stereocenters. The smallest absolute Gasteiger partial charge is 0.261 e. The van der Waals surface area contributed by atoms with Crippen LogP contribution in [-0.2, 0) is 4.79 Å². The average molecular weight is 372 g/mol. The zero-order valence-corrected chi connectivity index (χ0v) is 15.9. The van der Waals surface area contributed by atoms with Gasteiger partial charge >= 0.3 is 0 Å². The highest BCUT2D eigenvalue weighted by molar-refractivity contribution is 7.12. The monoisotopic (exact) mass is 372 g/mol. The fraction of sp³-hybridized carbons (Fsp3) is 0.368. The summed E-state index contributed by atoms with van der Waals surface area (Å²) < 4.78 is 0. The number of carbonyl (C=O) groups is 2. The van der Waals surface area contributed by atoms with Crippen molar-refractivity contribution in [1.29, 1.82) is 0 Å². The molecule has 138 valence electrons. The van der Waals surface area contributed by atoms with Crippen LogP contribution in [0.4, 0.5) is 11.4 Å². The lowest BCUT2D eigenvalue weighted by Gasteiger charge is -2.34. The van der Waals surface area contributed by atoms with Crippen LogP contribution in [0.5, 0.6) is 0 Å². The van der Waals surface area contributed by atoms with Gasteiger partial charge in [0.1, 0.15) is 6.04 Å². The van der Waals surface area contributed by atoms with E-state index in [4.69, 9.17) is 0 Å². The maximum atomic E-state index is 12.3. The molecule has 1 aromatic heterocycles. The van der Waals surface area contributed by atoms with Crippen molar-refractivity contribution in [1.82, 2.24) is 10.2 Å². The Bertz CT molecular complexity index is 737. The van der Waals surface area contributed by atoms with E-state index in [2.05, 4.69) is 27.5 Å². The van der Waals surface area contributed by atoms with Gasteiger partial charge in [-0.2, -0.15) is 0 Å². The molecule has 1 aliphatic rings. The van der Waals surface area contributed by atoms with E-state index in [0.717, 1.165) is 37.6 Å². The fourth-order valence-corrected chi connectivity index (χ4v) is 3.44. The van der Waals surface area contributed by atoms with Crippen LogP contribution in [0.2, 0.25) is 0 Å². The number of amides is 2. The molecule has 0 radical (unpaired) electrons.